The molecule has 0 radical (unpaired) electrons. The van der Waals surface area contributed by atoms with Crippen LogP contribution in [0.2, 0.25) is 0 Å². The van der Waals surface area contributed by atoms with Gasteiger partial charge in [0.25, 0.3) is 0 Å². The molecule has 10 N–H and O–H groups in total. The summed E-state index contributed by atoms with van der Waals surface area (Å²) in [5.74, 6) is -3.10. The van der Waals surface area contributed by atoms with Crippen LogP contribution in [0.5, 0.6) is 46.0 Å². The van der Waals surface area contributed by atoms with Crippen molar-refractivity contribution in [1.82, 2.24) is 39.9 Å². The van der Waals surface area contributed by atoms with Gasteiger partial charge in [-0.15, -0.1) is 0 Å². The molecule has 5 heterocycles. The smallest absolute Gasteiger partial charge is 0.168 e. The Morgan fingerprint density at radius 3 is 0.729 bits per heavy atom. The monoisotopic (exact) mass is 642 g/mol. The van der Waals surface area contributed by atoms with Crippen LogP contribution in [-0.2, 0) is 0 Å². The average Bonchev–Trinajstić information content (AvgIpc) is 3.80. The van der Waals surface area contributed by atoms with Gasteiger partial charge in [0.1, 0.15) is 68.6 Å². The van der Waals surface area contributed by atoms with Gasteiger partial charge in [-0.25, -0.2) is 29.9 Å². The van der Waals surface area contributed by atoms with Crippen LogP contribution >= 0.6 is 0 Å². The molecule has 2 aliphatic heterocycles. The molecule has 3 aromatic heterocycles. The maximum absolute atomic E-state index is 10.9. The summed E-state index contributed by atoms with van der Waals surface area (Å²) in [4.78, 5) is 33.1. The molecular formula is C32H18N8O8. The second-order valence-corrected chi connectivity index (χ2v) is 11.0. The van der Waals surface area contributed by atoms with E-state index < -0.39 is 0 Å². The van der Waals surface area contributed by atoms with Crippen LogP contribution in [0.15, 0.2) is 48.5 Å². The molecule has 7 aromatic rings. The van der Waals surface area contributed by atoms with E-state index in [0.29, 0.717) is 0 Å². The normalized spacial score (nSPS) is 12.0. The SMILES string of the molecule is Oc1ccc(O)c2c1-c1nc-2nc2[nH]c(nc3nc(nc4[nH]c(n1)c1c(O)ccc(O)c41)-c1c(O)ccc(O)c1-3)c1c(O)ccc(O)c21. The summed E-state index contributed by atoms with van der Waals surface area (Å²) < 4.78 is 0. The number of aromatic nitrogens is 8. The molecule has 8 bridgehead atoms. The number of hydrogen-bond donors (Lipinski definition) is 10. The molecule has 0 saturated heterocycles. The van der Waals surface area contributed by atoms with Crippen molar-refractivity contribution in [3.05, 3.63) is 48.5 Å². The van der Waals surface area contributed by atoms with Gasteiger partial charge in [0.15, 0.2) is 23.3 Å². The number of hydrogen-bond acceptors (Lipinski definition) is 14. The second-order valence-electron chi connectivity index (χ2n) is 11.0. The topological polar surface area (TPSA) is 271 Å². The maximum atomic E-state index is 10.9. The third kappa shape index (κ3) is 3.52. The molecule has 2 aliphatic rings. The molecule has 0 spiro atoms. The molecule has 0 aliphatic carbocycles. The second kappa shape index (κ2) is 9.10. The molecular weight excluding hydrogens is 624 g/mol. The first kappa shape index (κ1) is 27.0. The van der Waals surface area contributed by atoms with Gasteiger partial charge >= 0.3 is 0 Å². The van der Waals surface area contributed by atoms with Crippen molar-refractivity contribution in [2.75, 3.05) is 0 Å². The summed E-state index contributed by atoms with van der Waals surface area (Å²) in [5, 5.41) is 87.5. The zero-order valence-corrected chi connectivity index (χ0v) is 23.9. The Morgan fingerprint density at radius 1 is 0.292 bits per heavy atom. The molecule has 0 saturated carbocycles. The lowest BCUT2D eigenvalue weighted by molar-refractivity contribution is 0.463. The average molecular weight is 643 g/mol. The quantitative estimate of drug-likeness (QED) is 0.102. The Bertz CT molecular complexity index is 2420. The van der Waals surface area contributed by atoms with Crippen LogP contribution in [-0.4, -0.2) is 80.7 Å². The fourth-order valence-corrected chi connectivity index (χ4v) is 6.17. The molecule has 16 heteroatoms. The Labute approximate surface area is 264 Å². The number of nitrogens with zero attached hydrogens (tertiary/aromatic N) is 6. The highest BCUT2D eigenvalue weighted by Crippen LogP contribution is 2.48. The minimum atomic E-state index is -0.316. The molecule has 234 valence electrons. The van der Waals surface area contributed by atoms with Crippen molar-refractivity contribution >= 4 is 44.1 Å². The number of nitrogens with one attached hydrogen (secondary N) is 2. The molecule has 0 amide bonds. The van der Waals surface area contributed by atoms with Crippen LogP contribution < -0.4 is 0 Å². The van der Waals surface area contributed by atoms with E-state index in [-0.39, 0.29) is 136 Å². The molecule has 0 fully saturated rings. The van der Waals surface area contributed by atoms with E-state index in [1.165, 1.54) is 48.5 Å². The summed E-state index contributed by atoms with van der Waals surface area (Å²) in [6.45, 7) is 0. The van der Waals surface area contributed by atoms with E-state index in [4.69, 9.17) is 0 Å². The zero-order chi connectivity index (χ0) is 33.2. The zero-order valence-electron chi connectivity index (χ0n) is 23.9. The standard InChI is InChI=1S/C32H18N8O8/c41-9-1-2-10(42)18-17(9)25-33-26(18)38-28-21-13(45)5-6-14(46)22(21)30(35-28)40-32-24-16(48)8-7-15(47)23(24)31(36-32)39-29-20-12(44)4-3-11(43)19(20)27(34-29)37-25/h1-8,41-48H,(H2,33,34,35,36,37,38,39,40). The lowest BCUT2D eigenvalue weighted by atomic mass is 10.1. The highest BCUT2D eigenvalue weighted by molar-refractivity contribution is 6.13. The van der Waals surface area contributed by atoms with Gasteiger partial charge in [-0.1, -0.05) is 0 Å². The Kier molecular flexibility index (Phi) is 5.12. The van der Waals surface area contributed by atoms with Crippen molar-refractivity contribution in [2.45, 2.75) is 0 Å². The molecule has 16 nitrogen and oxygen atoms in total. The fourth-order valence-electron chi connectivity index (χ4n) is 6.17. The van der Waals surface area contributed by atoms with Crippen LogP contribution in [0.3, 0.4) is 0 Å². The largest absolute Gasteiger partial charge is 0.507 e. The van der Waals surface area contributed by atoms with Crippen molar-refractivity contribution in [2.24, 2.45) is 0 Å². The lowest BCUT2D eigenvalue weighted by Crippen LogP contribution is -1.85. The third-order valence-electron chi connectivity index (χ3n) is 8.26. The Balaban J connectivity index is 1.57. The molecule has 0 unspecified atom stereocenters. The van der Waals surface area contributed by atoms with Crippen LogP contribution in [0.25, 0.3) is 89.7 Å². The Morgan fingerprint density at radius 2 is 0.500 bits per heavy atom. The number of aromatic amines is 2. The highest BCUT2D eigenvalue weighted by atomic mass is 16.3. The lowest BCUT2D eigenvalue weighted by Gasteiger charge is -2.04. The van der Waals surface area contributed by atoms with Crippen LogP contribution in [0.4, 0.5) is 0 Å². The molecule has 48 heavy (non-hydrogen) atoms. The van der Waals surface area contributed by atoms with Crippen molar-refractivity contribution in [1.29, 1.82) is 0 Å². The van der Waals surface area contributed by atoms with Gasteiger partial charge in [0.2, 0.25) is 0 Å². The molecule has 4 aromatic carbocycles. The summed E-state index contributed by atoms with van der Waals surface area (Å²) in [6, 6.07) is 9.90. The molecule has 0 atom stereocenters. The van der Waals surface area contributed by atoms with E-state index in [0.717, 1.165) is 0 Å². The predicted octanol–water partition coefficient (Wildman–Crippen LogP) is 4.51. The van der Waals surface area contributed by atoms with Gasteiger partial charge in [-0.05, 0) is 48.5 Å². The van der Waals surface area contributed by atoms with Gasteiger partial charge < -0.3 is 50.8 Å². The highest BCUT2D eigenvalue weighted by Gasteiger charge is 2.29. The van der Waals surface area contributed by atoms with Gasteiger partial charge in [-0.3, -0.25) is 0 Å². The minimum Gasteiger partial charge on any atom is -0.507 e. The van der Waals surface area contributed by atoms with E-state index in [1.807, 2.05) is 0 Å². The maximum Gasteiger partial charge on any atom is 0.168 e. The van der Waals surface area contributed by atoms with Crippen molar-refractivity contribution in [3.8, 4) is 91.5 Å². The van der Waals surface area contributed by atoms with E-state index in [2.05, 4.69) is 39.9 Å². The minimum absolute atomic E-state index is 0.0138. The van der Waals surface area contributed by atoms with Gasteiger partial charge in [0, 0.05) is 0 Å². The van der Waals surface area contributed by atoms with Crippen LogP contribution in [0, 0.1) is 0 Å². The number of fused-ring (bicyclic) bond motifs is 20. The summed E-state index contributed by atoms with van der Waals surface area (Å²) in [6.07, 6.45) is 0. The number of benzene rings is 4. The number of aromatic hydroxyl groups is 8. The van der Waals surface area contributed by atoms with Crippen molar-refractivity contribution < 1.29 is 40.9 Å². The first-order chi connectivity index (χ1) is 23.1. The van der Waals surface area contributed by atoms with E-state index in [9.17, 15) is 40.9 Å². The van der Waals surface area contributed by atoms with Crippen molar-refractivity contribution in [3.63, 3.8) is 0 Å². The summed E-state index contributed by atoms with van der Waals surface area (Å²) >= 11 is 0. The van der Waals surface area contributed by atoms with E-state index >= 15 is 0 Å². The summed E-state index contributed by atoms with van der Waals surface area (Å²) in [5.41, 5.74) is -0.329. The van der Waals surface area contributed by atoms with E-state index in [1.54, 1.807) is 0 Å². The Hall–Kier alpha value is -7.36. The predicted molar refractivity (Wildman–Crippen MR) is 169 cm³/mol. The van der Waals surface area contributed by atoms with Gasteiger partial charge in [-0.2, -0.15) is 0 Å². The first-order valence-corrected chi connectivity index (χ1v) is 14.1. The number of rotatable bonds is 0. The number of phenols is 8. The summed E-state index contributed by atoms with van der Waals surface area (Å²) in [7, 11) is 0. The van der Waals surface area contributed by atoms with Crippen LogP contribution in [0.1, 0.15) is 0 Å². The third-order valence-corrected chi connectivity index (χ3v) is 8.26. The number of H-pyrrole nitrogens is 2. The first-order valence-electron chi connectivity index (χ1n) is 14.1. The molecule has 9 rings (SSSR count). The number of phenolic OH excluding ortho intramolecular Hbond substituents is 8. The fraction of sp³-hybridized carbons (Fsp3) is 0. The van der Waals surface area contributed by atoms with Gasteiger partial charge in [0.05, 0.1) is 43.8 Å².